The van der Waals surface area contributed by atoms with Crippen LogP contribution >= 0.6 is 12.6 Å². The number of carbonyl (C=O) groups excluding carboxylic acids is 1. The number of nitrogens with one attached hydrogen (secondary N) is 2. The van der Waals surface area contributed by atoms with Crippen LogP contribution in [-0.2, 0) is 17.9 Å². The predicted octanol–water partition coefficient (Wildman–Crippen LogP) is 3.88. The van der Waals surface area contributed by atoms with Crippen molar-refractivity contribution in [2.75, 3.05) is 13.1 Å². The van der Waals surface area contributed by atoms with Crippen LogP contribution in [-0.4, -0.2) is 41.2 Å². The molecule has 0 aromatic heterocycles. The molecule has 1 fully saturated rings. The van der Waals surface area contributed by atoms with Gasteiger partial charge in [-0.1, -0.05) is 80.9 Å². The van der Waals surface area contributed by atoms with Gasteiger partial charge in [0.05, 0.1) is 6.04 Å². The highest BCUT2D eigenvalue weighted by molar-refractivity contribution is 7.81. The van der Waals surface area contributed by atoms with E-state index in [1.165, 1.54) is 11.1 Å². The molecule has 2 N–H and O–H groups in total. The molecular formula is C25H35N3OS. The van der Waals surface area contributed by atoms with Gasteiger partial charge in [-0.05, 0) is 23.5 Å². The normalized spacial score (nSPS) is 20.8. The number of carbonyl (C=O) groups is 1. The second-order valence-electron chi connectivity index (χ2n) is 8.45. The minimum absolute atomic E-state index is 0.126. The molecule has 2 unspecified atom stereocenters. The van der Waals surface area contributed by atoms with Crippen LogP contribution in [0.1, 0.15) is 37.8 Å². The Hall–Kier alpha value is -1.82. The van der Waals surface area contributed by atoms with Gasteiger partial charge in [-0.3, -0.25) is 9.69 Å². The first-order valence-corrected chi connectivity index (χ1v) is 11.6. The third-order valence-electron chi connectivity index (χ3n) is 6.02. The summed E-state index contributed by atoms with van der Waals surface area (Å²) >= 11 is 4.54. The summed E-state index contributed by atoms with van der Waals surface area (Å²) in [6, 6.07) is 21.0. The fourth-order valence-corrected chi connectivity index (χ4v) is 4.54. The van der Waals surface area contributed by atoms with Gasteiger partial charge < -0.3 is 10.6 Å². The third kappa shape index (κ3) is 6.59. The van der Waals surface area contributed by atoms with Gasteiger partial charge in [0.25, 0.3) is 0 Å². The summed E-state index contributed by atoms with van der Waals surface area (Å²) in [5.41, 5.74) is 2.45. The van der Waals surface area contributed by atoms with E-state index < -0.39 is 0 Å². The molecular weight excluding hydrogens is 390 g/mol. The average molecular weight is 426 g/mol. The molecule has 0 aliphatic carbocycles. The molecule has 162 valence electrons. The second kappa shape index (κ2) is 11.5. The minimum Gasteiger partial charge on any atom is -0.353 e. The summed E-state index contributed by atoms with van der Waals surface area (Å²) in [6.07, 6.45) is 1.95. The molecule has 0 bridgehead atoms. The molecule has 4 atom stereocenters. The Bertz CT molecular complexity index is 729. The Morgan fingerprint density at radius 3 is 2.13 bits per heavy atom. The van der Waals surface area contributed by atoms with Gasteiger partial charge in [-0.15, -0.1) is 0 Å². The Morgan fingerprint density at radius 1 is 1.10 bits per heavy atom. The summed E-state index contributed by atoms with van der Waals surface area (Å²) in [7, 11) is 0. The molecule has 2 aromatic carbocycles. The number of thiol groups is 1. The molecule has 1 aliphatic rings. The first kappa shape index (κ1) is 22.9. The lowest BCUT2D eigenvalue weighted by atomic mass is 9.95. The second-order valence-corrected chi connectivity index (χ2v) is 9.18. The van der Waals surface area contributed by atoms with E-state index >= 15 is 0 Å². The van der Waals surface area contributed by atoms with Crippen molar-refractivity contribution in [2.45, 2.75) is 57.1 Å². The monoisotopic (exact) mass is 425 g/mol. The van der Waals surface area contributed by atoms with E-state index in [1.807, 2.05) is 12.1 Å². The zero-order chi connectivity index (χ0) is 21.3. The smallest absolute Gasteiger partial charge is 0.237 e. The molecule has 0 spiro atoms. The number of hydrogen-bond donors (Lipinski definition) is 3. The van der Waals surface area contributed by atoms with Crippen LogP contribution in [0.5, 0.6) is 0 Å². The highest BCUT2D eigenvalue weighted by atomic mass is 32.1. The fourth-order valence-electron chi connectivity index (χ4n) is 4.18. The molecule has 1 aliphatic heterocycles. The fraction of sp³-hybridized carbons (Fsp3) is 0.480. The minimum atomic E-state index is -0.177. The van der Waals surface area contributed by atoms with E-state index in [4.69, 9.17) is 0 Å². The van der Waals surface area contributed by atoms with Crippen molar-refractivity contribution in [3.05, 3.63) is 71.8 Å². The highest BCUT2D eigenvalue weighted by Crippen LogP contribution is 2.21. The largest absolute Gasteiger partial charge is 0.353 e. The standard InChI is InChI=1S/C25H35N3OS/c1-3-19(2)24(25(29)27-15-22-14-23(30)16-26-22)28(17-20-10-6-4-7-11-20)18-21-12-8-5-9-13-21/h4-13,19,22-24,26,30H,3,14-18H2,1-2H3,(H,27,29)/t19-,22?,23?,24-/m0/s1. The van der Waals surface area contributed by atoms with Crippen LogP contribution in [0.4, 0.5) is 0 Å². The van der Waals surface area contributed by atoms with Crippen LogP contribution in [0, 0.1) is 5.92 Å². The quantitative estimate of drug-likeness (QED) is 0.506. The van der Waals surface area contributed by atoms with E-state index in [0.717, 1.165) is 32.5 Å². The van der Waals surface area contributed by atoms with E-state index in [-0.39, 0.29) is 17.9 Å². The first-order valence-electron chi connectivity index (χ1n) is 11.1. The Labute approximate surface area is 186 Å². The summed E-state index contributed by atoms with van der Waals surface area (Å²) in [5.74, 6) is 0.382. The predicted molar refractivity (Wildman–Crippen MR) is 128 cm³/mol. The number of nitrogens with zero attached hydrogens (tertiary/aromatic N) is 1. The van der Waals surface area contributed by atoms with Gasteiger partial charge in [0.1, 0.15) is 0 Å². The van der Waals surface area contributed by atoms with Crippen LogP contribution < -0.4 is 10.6 Å². The molecule has 4 nitrogen and oxygen atoms in total. The van der Waals surface area contributed by atoms with E-state index in [9.17, 15) is 4.79 Å². The average Bonchev–Trinajstić information content (AvgIpc) is 3.19. The Balaban J connectivity index is 1.77. The SMILES string of the molecule is CC[C@H](C)[C@@H](C(=O)NCC1CC(S)CN1)N(Cc1ccccc1)Cc1ccccc1. The van der Waals surface area contributed by atoms with Crippen molar-refractivity contribution in [1.82, 2.24) is 15.5 Å². The number of benzene rings is 2. The summed E-state index contributed by atoms with van der Waals surface area (Å²) in [5, 5.41) is 7.06. The molecule has 3 rings (SSSR count). The summed E-state index contributed by atoms with van der Waals surface area (Å²) < 4.78 is 0. The zero-order valence-corrected chi connectivity index (χ0v) is 19.0. The lowest BCUT2D eigenvalue weighted by Crippen LogP contribution is -2.51. The maximum atomic E-state index is 13.4. The molecule has 1 saturated heterocycles. The van der Waals surface area contributed by atoms with Gasteiger partial charge in [0.2, 0.25) is 5.91 Å². The number of rotatable bonds is 10. The van der Waals surface area contributed by atoms with E-state index in [0.29, 0.717) is 17.8 Å². The lowest BCUT2D eigenvalue weighted by molar-refractivity contribution is -0.129. The van der Waals surface area contributed by atoms with Crippen molar-refractivity contribution in [2.24, 2.45) is 5.92 Å². The van der Waals surface area contributed by atoms with Gasteiger partial charge in [-0.25, -0.2) is 0 Å². The first-order chi connectivity index (χ1) is 14.6. The Kier molecular flexibility index (Phi) is 8.79. The van der Waals surface area contributed by atoms with Gasteiger partial charge in [0, 0.05) is 37.5 Å². The molecule has 30 heavy (non-hydrogen) atoms. The Morgan fingerprint density at radius 2 is 1.67 bits per heavy atom. The van der Waals surface area contributed by atoms with Crippen LogP contribution in [0.2, 0.25) is 0 Å². The summed E-state index contributed by atoms with van der Waals surface area (Å²) in [6.45, 7) is 7.42. The van der Waals surface area contributed by atoms with Crippen LogP contribution in [0.3, 0.4) is 0 Å². The van der Waals surface area contributed by atoms with Gasteiger partial charge in [0.15, 0.2) is 0 Å². The van der Waals surface area contributed by atoms with Gasteiger partial charge in [-0.2, -0.15) is 12.6 Å². The molecule has 2 aromatic rings. The van der Waals surface area contributed by atoms with Crippen LogP contribution in [0.25, 0.3) is 0 Å². The van der Waals surface area contributed by atoms with Gasteiger partial charge >= 0.3 is 0 Å². The van der Waals surface area contributed by atoms with E-state index in [2.05, 4.69) is 90.5 Å². The third-order valence-corrected chi connectivity index (χ3v) is 6.42. The molecule has 0 saturated carbocycles. The molecule has 1 heterocycles. The lowest BCUT2D eigenvalue weighted by Gasteiger charge is -2.35. The number of amides is 1. The zero-order valence-electron chi connectivity index (χ0n) is 18.1. The molecule has 0 radical (unpaired) electrons. The molecule has 5 heteroatoms. The maximum absolute atomic E-state index is 13.4. The number of hydrogen-bond acceptors (Lipinski definition) is 4. The van der Waals surface area contributed by atoms with Crippen molar-refractivity contribution in [3.8, 4) is 0 Å². The summed E-state index contributed by atoms with van der Waals surface area (Å²) in [4.78, 5) is 15.7. The topological polar surface area (TPSA) is 44.4 Å². The maximum Gasteiger partial charge on any atom is 0.237 e. The highest BCUT2D eigenvalue weighted by Gasteiger charge is 2.31. The molecule has 1 amide bonds. The van der Waals surface area contributed by atoms with Crippen molar-refractivity contribution < 1.29 is 4.79 Å². The van der Waals surface area contributed by atoms with Crippen LogP contribution in [0.15, 0.2) is 60.7 Å². The van der Waals surface area contributed by atoms with Crippen molar-refractivity contribution >= 4 is 18.5 Å². The van der Waals surface area contributed by atoms with Crippen molar-refractivity contribution in [3.63, 3.8) is 0 Å². The van der Waals surface area contributed by atoms with Crippen molar-refractivity contribution in [1.29, 1.82) is 0 Å². The van der Waals surface area contributed by atoms with E-state index in [1.54, 1.807) is 0 Å².